The Morgan fingerprint density at radius 1 is 0.235 bits per heavy atom. The number of hydrogen-bond donors (Lipinski definition) is 0. The fourth-order valence-electron chi connectivity index (χ4n) is 9.79. The number of unbranched alkanes of at least 4 members (excludes halogenated alkanes) is 18. The van der Waals surface area contributed by atoms with E-state index in [9.17, 15) is 0 Å². The highest BCUT2D eigenvalue weighted by atomic mass is 16.5. The summed E-state index contributed by atoms with van der Waals surface area (Å²) in [5, 5.41) is 11.0. The first-order chi connectivity index (χ1) is 33.6. The second-order valence-corrected chi connectivity index (χ2v) is 19.2. The van der Waals surface area contributed by atoms with Crippen molar-refractivity contribution < 1.29 is 28.4 Å². The molecule has 6 aromatic rings. The Morgan fingerprint density at radius 2 is 0.515 bits per heavy atom. The van der Waals surface area contributed by atoms with Gasteiger partial charge in [0.25, 0.3) is 0 Å². The Hall–Kier alpha value is -4.58. The highest BCUT2D eigenvalue weighted by molar-refractivity contribution is 6.36. The lowest BCUT2D eigenvalue weighted by Crippen LogP contribution is -2.06. The maximum absolute atomic E-state index is 7.07. The molecule has 0 aromatic heterocycles. The summed E-state index contributed by atoms with van der Waals surface area (Å²) in [6.45, 7) is 17.4. The van der Waals surface area contributed by atoms with E-state index in [1.54, 1.807) is 0 Å². The van der Waals surface area contributed by atoms with Crippen molar-refractivity contribution in [3.05, 3.63) is 60.7 Å². The van der Waals surface area contributed by atoms with Crippen molar-refractivity contribution in [3.63, 3.8) is 0 Å². The molecule has 6 heteroatoms. The van der Waals surface area contributed by atoms with Gasteiger partial charge in [-0.15, -0.1) is 0 Å². The molecule has 0 unspecified atom stereocenters. The van der Waals surface area contributed by atoms with Gasteiger partial charge in [-0.1, -0.05) is 181 Å². The third-order valence-corrected chi connectivity index (χ3v) is 13.6. The molecule has 0 bridgehead atoms. The van der Waals surface area contributed by atoms with Crippen LogP contribution in [-0.2, 0) is 0 Å². The van der Waals surface area contributed by atoms with Gasteiger partial charge in [0.15, 0.2) is 34.5 Å². The van der Waals surface area contributed by atoms with Gasteiger partial charge in [0.1, 0.15) is 0 Å². The number of rotatable bonds is 36. The van der Waals surface area contributed by atoms with E-state index in [2.05, 4.69) is 102 Å². The Labute approximate surface area is 411 Å². The van der Waals surface area contributed by atoms with Crippen molar-refractivity contribution in [2.75, 3.05) is 39.6 Å². The summed E-state index contributed by atoms with van der Waals surface area (Å²) in [6.07, 6.45) is 27.3. The first-order valence-corrected chi connectivity index (χ1v) is 27.8. The van der Waals surface area contributed by atoms with Crippen LogP contribution in [0.25, 0.3) is 53.9 Å². The number of benzene rings is 6. The van der Waals surface area contributed by atoms with Gasteiger partial charge in [-0.2, -0.15) is 0 Å². The molecule has 0 fully saturated rings. The second-order valence-electron chi connectivity index (χ2n) is 19.2. The van der Waals surface area contributed by atoms with Gasteiger partial charge in [-0.05, 0) is 85.7 Å². The van der Waals surface area contributed by atoms with Gasteiger partial charge in [0.2, 0.25) is 0 Å². The summed E-state index contributed by atoms with van der Waals surface area (Å²) in [4.78, 5) is 0. The predicted molar refractivity (Wildman–Crippen MR) is 292 cm³/mol. The molecular formula is C62H88O6. The summed E-state index contributed by atoms with van der Waals surface area (Å²) in [5.41, 5.74) is 0. The zero-order valence-electron chi connectivity index (χ0n) is 43.4. The summed E-state index contributed by atoms with van der Waals surface area (Å²) in [6, 6.07) is 22.3. The van der Waals surface area contributed by atoms with Crippen LogP contribution < -0.4 is 28.4 Å². The van der Waals surface area contributed by atoms with Crippen molar-refractivity contribution >= 4 is 53.9 Å². The van der Waals surface area contributed by atoms with Crippen LogP contribution in [0.15, 0.2) is 60.7 Å². The lowest BCUT2D eigenvalue weighted by atomic mass is 9.88. The molecule has 6 rings (SSSR count). The lowest BCUT2D eigenvalue weighted by molar-refractivity contribution is 0.261. The zero-order chi connectivity index (χ0) is 47.8. The van der Waals surface area contributed by atoms with E-state index < -0.39 is 0 Å². The molecule has 6 nitrogen and oxygen atoms in total. The average Bonchev–Trinajstić information content (AvgIpc) is 3.36. The molecule has 0 N–H and O–H groups in total. The molecule has 0 radical (unpaired) electrons. The van der Waals surface area contributed by atoms with Crippen molar-refractivity contribution in [2.45, 2.75) is 196 Å². The molecule has 0 spiro atoms. The molecule has 0 saturated carbocycles. The number of hydrogen-bond acceptors (Lipinski definition) is 6. The van der Waals surface area contributed by atoms with E-state index in [0.717, 1.165) is 165 Å². The van der Waals surface area contributed by atoms with Crippen molar-refractivity contribution in [1.29, 1.82) is 0 Å². The van der Waals surface area contributed by atoms with Crippen molar-refractivity contribution in [3.8, 4) is 34.5 Å². The number of fused-ring (bicyclic) bond motifs is 9. The molecule has 68 heavy (non-hydrogen) atoms. The van der Waals surface area contributed by atoms with Gasteiger partial charge >= 0.3 is 0 Å². The van der Waals surface area contributed by atoms with Crippen LogP contribution in [-0.4, -0.2) is 39.6 Å². The van der Waals surface area contributed by atoms with E-state index in [4.69, 9.17) is 28.4 Å². The normalized spacial score (nSPS) is 11.7. The van der Waals surface area contributed by atoms with Crippen LogP contribution in [0.2, 0.25) is 0 Å². The fourth-order valence-corrected chi connectivity index (χ4v) is 9.79. The second kappa shape index (κ2) is 29.4. The molecule has 0 saturated heterocycles. The van der Waals surface area contributed by atoms with E-state index in [-0.39, 0.29) is 0 Å². The van der Waals surface area contributed by atoms with Crippen LogP contribution in [0.4, 0.5) is 0 Å². The van der Waals surface area contributed by atoms with Crippen LogP contribution in [0.1, 0.15) is 196 Å². The Kier molecular flexibility index (Phi) is 22.9. The smallest absolute Gasteiger partial charge is 0.169 e. The van der Waals surface area contributed by atoms with Gasteiger partial charge < -0.3 is 28.4 Å². The Balaban J connectivity index is 1.69. The van der Waals surface area contributed by atoms with E-state index in [1.807, 2.05) is 0 Å². The maximum Gasteiger partial charge on any atom is 0.169 e. The molecular weight excluding hydrogens is 841 g/mol. The fraction of sp³-hybridized carbons (Fsp3) is 0.581. The Morgan fingerprint density at radius 3 is 0.912 bits per heavy atom. The van der Waals surface area contributed by atoms with Gasteiger partial charge in [-0.25, -0.2) is 0 Å². The molecule has 0 aliphatic rings. The van der Waals surface area contributed by atoms with Crippen LogP contribution in [0.5, 0.6) is 34.5 Å². The largest absolute Gasteiger partial charge is 0.490 e. The highest BCUT2D eigenvalue weighted by Gasteiger charge is 2.26. The highest BCUT2D eigenvalue weighted by Crippen LogP contribution is 2.54. The van der Waals surface area contributed by atoms with Crippen LogP contribution in [0.3, 0.4) is 0 Å². The summed E-state index contributed by atoms with van der Waals surface area (Å²) < 4.78 is 41.6. The summed E-state index contributed by atoms with van der Waals surface area (Å²) in [7, 11) is 0. The monoisotopic (exact) mass is 929 g/mol. The van der Waals surface area contributed by atoms with Gasteiger partial charge in [0.05, 0.1) is 39.6 Å². The number of ether oxygens (including phenoxy) is 6. The maximum atomic E-state index is 7.07. The minimum atomic E-state index is 0.630. The Bertz CT molecular complexity index is 2420. The standard InChI is InChI=1S/C62H88O6/c1-7-13-19-27-41-63-54-40-39-48-50(58(54)64-42-28-20-14-8-2)35-36-51-56(48)57-53(62(68-46-32-24-18-12-6)61(51)67-45-31-23-17-11-5)38-37-52-55(57)47-33-25-26-34-49(47)59(65-43-29-21-15-9-3)60(52)66-44-30-22-16-10-4/h25-26,33-40H,7-24,27-32,41-46H2,1-6H3. The molecule has 0 heterocycles. The first kappa shape index (κ1) is 52.8. The molecule has 0 amide bonds. The molecule has 6 aromatic carbocycles. The first-order valence-electron chi connectivity index (χ1n) is 27.8. The topological polar surface area (TPSA) is 55.4 Å². The third kappa shape index (κ3) is 13.8. The summed E-state index contributed by atoms with van der Waals surface area (Å²) in [5.74, 6) is 5.03. The van der Waals surface area contributed by atoms with E-state index in [1.165, 1.54) is 77.0 Å². The van der Waals surface area contributed by atoms with Crippen molar-refractivity contribution in [1.82, 2.24) is 0 Å². The molecule has 0 aliphatic heterocycles. The predicted octanol–water partition coefficient (Wildman–Crippen LogP) is 19.2. The SMILES string of the molecule is CCCCCCOc1ccc2c(ccc3c(OCCCCCC)c(OCCCCCC)c4ccc5c(OCCCCCC)c(OCCCCCC)c6ccccc6c5c4c32)c1OCCCCCC. The third-order valence-electron chi connectivity index (χ3n) is 13.6. The van der Waals surface area contributed by atoms with Gasteiger partial charge in [0, 0.05) is 43.1 Å². The van der Waals surface area contributed by atoms with E-state index >= 15 is 0 Å². The van der Waals surface area contributed by atoms with E-state index in [0.29, 0.717) is 39.6 Å². The minimum Gasteiger partial charge on any atom is -0.490 e. The van der Waals surface area contributed by atoms with Crippen LogP contribution in [0, 0.1) is 0 Å². The lowest BCUT2D eigenvalue weighted by Gasteiger charge is -2.24. The molecule has 372 valence electrons. The van der Waals surface area contributed by atoms with Crippen molar-refractivity contribution in [2.24, 2.45) is 0 Å². The zero-order valence-corrected chi connectivity index (χ0v) is 43.4. The molecule has 0 atom stereocenters. The average molecular weight is 929 g/mol. The minimum absolute atomic E-state index is 0.630. The molecule has 0 aliphatic carbocycles. The van der Waals surface area contributed by atoms with Gasteiger partial charge in [-0.3, -0.25) is 0 Å². The summed E-state index contributed by atoms with van der Waals surface area (Å²) >= 11 is 0. The quantitative estimate of drug-likeness (QED) is 0.0289. The van der Waals surface area contributed by atoms with Crippen LogP contribution >= 0.6 is 0 Å².